The Bertz CT molecular complexity index is 563. The molecule has 0 saturated heterocycles. The van der Waals surface area contributed by atoms with Crippen LogP contribution < -0.4 is 10.1 Å². The third-order valence-electron chi connectivity index (χ3n) is 2.86. The maximum Gasteiger partial charge on any atom is 0.240 e. The van der Waals surface area contributed by atoms with Gasteiger partial charge in [-0.15, -0.1) is 0 Å². The van der Waals surface area contributed by atoms with Gasteiger partial charge in [0.2, 0.25) is 5.89 Å². The Morgan fingerprint density at radius 3 is 2.57 bits per heavy atom. The van der Waals surface area contributed by atoms with Crippen LogP contribution in [0.5, 0.6) is 5.75 Å². The van der Waals surface area contributed by atoms with Gasteiger partial charge in [0.25, 0.3) is 0 Å². The van der Waals surface area contributed by atoms with Crippen LogP contribution in [0.15, 0.2) is 22.7 Å². The number of rotatable bonds is 7. The molecule has 0 fully saturated rings. The van der Waals surface area contributed by atoms with E-state index in [0.717, 1.165) is 16.9 Å². The van der Waals surface area contributed by atoms with Crippen LogP contribution in [0.3, 0.4) is 0 Å². The van der Waals surface area contributed by atoms with E-state index in [-0.39, 0.29) is 6.61 Å². The van der Waals surface area contributed by atoms with E-state index in [1.54, 1.807) is 6.92 Å². The average molecular weight is 291 g/mol. The Kier molecular flexibility index (Phi) is 5.30. The molecule has 0 saturated carbocycles. The van der Waals surface area contributed by atoms with Crippen molar-refractivity contribution in [2.45, 2.75) is 33.4 Å². The quantitative estimate of drug-likeness (QED) is 0.805. The molecule has 1 heterocycles. The highest BCUT2D eigenvalue weighted by molar-refractivity contribution is 5.32. The lowest BCUT2D eigenvalue weighted by atomic mass is 10.1. The predicted molar refractivity (Wildman–Crippen MR) is 78.2 cm³/mol. The topological polar surface area (TPSA) is 80.4 Å². The molecule has 1 unspecified atom stereocenters. The number of benzene rings is 1. The molecule has 1 aromatic carbocycles. The van der Waals surface area contributed by atoms with Crippen molar-refractivity contribution in [1.82, 2.24) is 15.5 Å². The molecule has 1 aromatic heterocycles. The van der Waals surface area contributed by atoms with Crippen LogP contribution in [-0.2, 0) is 6.54 Å². The number of nitrogens with one attached hydrogen (secondary N) is 1. The fraction of sp³-hybridized carbons (Fsp3) is 0.467. The van der Waals surface area contributed by atoms with Crippen LogP contribution in [0, 0.1) is 20.8 Å². The van der Waals surface area contributed by atoms with Gasteiger partial charge < -0.3 is 19.7 Å². The Morgan fingerprint density at radius 1 is 1.24 bits per heavy atom. The number of nitrogens with zero attached hydrogens (tertiary/aromatic N) is 2. The van der Waals surface area contributed by atoms with Crippen molar-refractivity contribution in [2.24, 2.45) is 0 Å². The molecule has 6 nitrogen and oxygen atoms in total. The van der Waals surface area contributed by atoms with Gasteiger partial charge in [-0.25, -0.2) is 0 Å². The summed E-state index contributed by atoms with van der Waals surface area (Å²) in [6, 6.07) is 5.99. The number of aliphatic hydroxyl groups is 1. The first-order chi connectivity index (χ1) is 10.0. The van der Waals surface area contributed by atoms with E-state index in [1.807, 2.05) is 26.0 Å². The Morgan fingerprint density at radius 2 is 1.95 bits per heavy atom. The zero-order chi connectivity index (χ0) is 15.2. The van der Waals surface area contributed by atoms with Crippen molar-refractivity contribution in [3.63, 3.8) is 0 Å². The molecule has 2 rings (SSSR count). The lowest BCUT2D eigenvalue weighted by molar-refractivity contribution is 0.105. The van der Waals surface area contributed by atoms with Gasteiger partial charge in [-0.2, -0.15) is 4.98 Å². The first kappa shape index (κ1) is 15.5. The molecule has 2 N–H and O–H groups in total. The molecule has 0 aliphatic rings. The maximum atomic E-state index is 9.88. The molecule has 0 spiro atoms. The van der Waals surface area contributed by atoms with Crippen LogP contribution >= 0.6 is 0 Å². The highest BCUT2D eigenvalue weighted by atomic mass is 16.5. The number of aromatic nitrogens is 2. The molecule has 0 amide bonds. The standard InChI is InChI=1S/C15H21N3O3/c1-10-4-11(2)6-14(5-10)20-9-13(19)7-16-8-15-17-12(3)18-21-15/h4-6,13,16,19H,7-9H2,1-3H3. The van der Waals surface area contributed by atoms with Gasteiger partial charge in [-0.1, -0.05) is 11.2 Å². The SMILES string of the molecule is Cc1cc(C)cc(OCC(O)CNCc2nc(C)no2)c1. The van der Waals surface area contributed by atoms with Crippen molar-refractivity contribution >= 4 is 0 Å². The maximum absolute atomic E-state index is 9.88. The van der Waals surface area contributed by atoms with Crippen molar-refractivity contribution in [1.29, 1.82) is 0 Å². The second-order valence-corrected chi connectivity index (χ2v) is 5.15. The summed E-state index contributed by atoms with van der Waals surface area (Å²) in [5.74, 6) is 1.89. The number of hydrogen-bond acceptors (Lipinski definition) is 6. The summed E-state index contributed by atoms with van der Waals surface area (Å²) in [5, 5.41) is 16.6. The van der Waals surface area contributed by atoms with E-state index >= 15 is 0 Å². The number of aliphatic hydroxyl groups excluding tert-OH is 1. The third kappa shape index (κ3) is 5.17. The van der Waals surface area contributed by atoms with Gasteiger partial charge in [0.15, 0.2) is 5.82 Å². The summed E-state index contributed by atoms with van der Waals surface area (Å²) in [4.78, 5) is 4.07. The molecule has 6 heteroatoms. The van der Waals surface area contributed by atoms with Crippen molar-refractivity contribution in [3.8, 4) is 5.75 Å². The van der Waals surface area contributed by atoms with E-state index in [9.17, 15) is 5.11 Å². The number of aryl methyl sites for hydroxylation is 3. The normalized spacial score (nSPS) is 12.4. The molecular formula is C15H21N3O3. The Labute approximate surface area is 124 Å². The van der Waals surface area contributed by atoms with Gasteiger partial charge in [0.1, 0.15) is 18.5 Å². The van der Waals surface area contributed by atoms with Gasteiger partial charge in [-0.05, 0) is 44.0 Å². The first-order valence-electron chi connectivity index (χ1n) is 6.92. The van der Waals surface area contributed by atoms with E-state index < -0.39 is 6.10 Å². The van der Waals surface area contributed by atoms with Crippen LogP contribution in [0.1, 0.15) is 22.8 Å². The minimum Gasteiger partial charge on any atom is -0.491 e. The molecule has 0 radical (unpaired) electrons. The minimum absolute atomic E-state index is 0.235. The van der Waals surface area contributed by atoms with Gasteiger partial charge >= 0.3 is 0 Å². The van der Waals surface area contributed by atoms with Gasteiger partial charge in [-0.3, -0.25) is 0 Å². The van der Waals surface area contributed by atoms with E-state index in [0.29, 0.717) is 24.8 Å². The van der Waals surface area contributed by atoms with E-state index in [4.69, 9.17) is 9.26 Å². The molecule has 114 valence electrons. The monoisotopic (exact) mass is 291 g/mol. The third-order valence-corrected chi connectivity index (χ3v) is 2.86. The Hall–Kier alpha value is -1.92. The van der Waals surface area contributed by atoms with Gasteiger partial charge in [0.05, 0.1) is 6.54 Å². The van der Waals surface area contributed by atoms with Crippen molar-refractivity contribution < 1.29 is 14.4 Å². The summed E-state index contributed by atoms with van der Waals surface area (Å²) in [5.41, 5.74) is 2.29. The van der Waals surface area contributed by atoms with E-state index in [1.165, 1.54) is 0 Å². The molecule has 2 aromatic rings. The number of ether oxygens (including phenoxy) is 1. The fourth-order valence-corrected chi connectivity index (χ4v) is 2.03. The predicted octanol–water partition coefficient (Wildman–Crippen LogP) is 1.52. The van der Waals surface area contributed by atoms with Crippen molar-refractivity contribution in [3.05, 3.63) is 41.0 Å². The average Bonchev–Trinajstić information content (AvgIpc) is 2.81. The summed E-state index contributed by atoms with van der Waals surface area (Å²) in [6.45, 7) is 6.86. The number of hydrogen-bond donors (Lipinski definition) is 2. The highest BCUT2D eigenvalue weighted by Gasteiger charge is 2.07. The molecular weight excluding hydrogens is 270 g/mol. The van der Waals surface area contributed by atoms with Crippen molar-refractivity contribution in [2.75, 3.05) is 13.2 Å². The smallest absolute Gasteiger partial charge is 0.240 e. The van der Waals surface area contributed by atoms with Crippen LogP contribution in [0.25, 0.3) is 0 Å². The lowest BCUT2D eigenvalue weighted by Crippen LogP contribution is -2.31. The Balaban J connectivity index is 1.70. The summed E-state index contributed by atoms with van der Waals surface area (Å²) in [7, 11) is 0. The summed E-state index contributed by atoms with van der Waals surface area (Å²) in [6.07, 6.45) is -0.602. The van der Waals surface area contributed by atoms with Crippen LogP contribution in [0.4, 0.5) is 0 Å². The van der Waals surface area contributed by atoms with Gasteiger partial charge in [0, 0.05) is 6.54 Å². The minimum atomic E-state index is -0.602. The van der Waals surface area contributed by atoms with Crippen LogP contribution in [0.2, 0.25) is 0 Å². The second kappa shape index (κ2) is 7.19. The molecule has 21 heavy (non-hydrogen) atoms. The van der Waals surface area contributed by atoms with Crippen LogP contribution in [-0.4, -0.2) is 34.5 Å². The van der Waals surface area contributed by atoms with E-state index in [2.05, 4.69) is 21.5 Å². The lowest BCUT2D eigenvalue weighted by Gasteiger charge is -2.13. The molecule has 1 atom stereocenters. The first-order valence-corrected chi connectivity index (χ1v) is 6.92. The molecule has 0 bridgehead atoms. The summed E-state index contributed by atoms with van der Waals surface area (Å²) < 4.78 is 10.6. The highest BCUT2D eigenvalue weighted by Crippen LogP contribution is 2.16. The zero-order valence-corrected chi connectivity index (χ0v) is 12.6. The summed E-state index contributed by atoms with van der Waals surface area (Å²) >= 11 is 0. The molecule has 0 aliphatic heterocycles. The second-order valence-electron chi connectivity index (χ2n) is 5.15. The molecule has 0 aliphatic carbocycles. The fourth-order valence-electron chi connectivity index (χ4n) is 2.03. The zero-order valence-electron chi connectivity index (χ0n) is 12.6. The largest absolute Gasteiger partial charge is 0.491 e.